The van der Waals surface area contributed by atoms with Crippen LogP contribution in [0.4, 0.5) is 5.69 Å². The highest BCUT2D eigenvalue weighted by molar-refractivity contribution is 6.04. The quantitative estimate of drug-likeness (QED) is 0.358. The fourth-order valence-corrected chi connectivity index (χ4v) is 3.82. The molecule has 1 unspecified atom stereocenters. The van der Waals surface area contributed by atoms with Crippen LogP contribution < -0.4 is 21.0 Å². The summed E-state index contributed by atoms with van der Waals surface area (Å²) in [6, 6.07) is 22.8. The van der Waals surface area contributed by atoms with Crippen molar-refractivity contribution in [2.45, 2.75) is 26.3 Å². The molecule has 0 aliphatic rings. The molecular weight excluding hydrogens is 444 g/mol. The Hall–Kier alpha value is -4.39. The fourth-order valence-electron chi connectivity index (χ4n) is 3.82. The minimum absolute atomic E-state index is 0.197. The third kappa shape index (κ3) is 5.76. The molecule has 1 atom stereocenters. The van der Waals surface area contributed by atoms with Crippen molar-refractivity contribution in [3.8, 4) is 5.75 Å². The second-order valence-corrected chi connectivity index (χ2v) is 8.09. The van der Waals surface area contributed by atoms with Crippen LogP contribution in [0.1, 0.15) is 41.4 Å². The lowest BCUT2D eigenvalue weighted by molar-refractivity contribution is -0.118. The number of fused-ring (bicyclic) bond motifs is 1. The number of hydrogen-bond acceptors (Lipinski definition) is 5. The Morgan fingerprint density at radius 3 is 2.49 bits per heavy atom. The van der Waals surface area contributed by atoms with Crippen molar-refractivity contribution in [2.24, 2.45) is 0 Å². The standard InChI is InChI=1S/C28H26N2O5/c1-3-19-15-27(32)35-25-16-21(13-14-22(19)25)34-17-26(31)30-24-12-8-7-11-23(24)28(33)29-18(2)20-9-5-4-6-10-20/h4-16,18H,3,17H2,1-2H3,(H,29,33)(H,30,31). The van der Waals surface area contributed by atoms with E-state index in [2.05, 4.69) is 10.6 Å². The summed E-state index contributed by atoms with van der Waals surface area (Å²) in [4.78, 5) is 37.2. The predicted molar refractivity (Wildman–Crippen MR) is 135 cm³/mol. The molecule has 0 aliphatic carbocycles. The Bertz CT molecular complexity index is 1410. The van der Waals surface area contributed by atoms with Gasteiger partial charge < -0.3 is 19.8 Å². The van der Waals surface area contributed by atoms with E-state index in [4.69, 9.17) is 9.15 Å². The fraction of sp³-hybridized carbons (Fsp3) is 0.179. The number of hydrogen-bond donors (Lipinski definition) is 2. The maximum Gasteiger partial charge on any atom is 0.336 e. The molecule has 7 nitrogen and oxygen atoms in total. The highest BCUT2D eigenvalue weighted by Crippen LogP contribution is 2.23. The number of carbonyl (C=O) groups excluding carboxylic acids is 2. The van der Waals surface area contributed by atoms with E-state index in [-0.39, 0.29) is 18.6 Å². The van der Waals surface area contributed by atoms with Crippen LogP contribution in [0.2, 0.25) is 0 Å². The molecule has 2 amide bonds. The number of anilines is 1. The Morgan fingerprint density at radius 1 is 0.971 bits per heavy atom. The van der Waals surface area contributed by atoms with Crippen molar-refractivity contribution < 1.29 is 18.7 Å². The smallest absolute Gasteiger partial charge is 0.336 e. The zero-order chi connectivity index (χ0) is 24.8. The van der Waals surface area contributed by atoms with Gasteiger partial charge >= 0.3 is 5.63 Å². The molecule has 0 aliphatic heterocycles. The van der Waals surface area contributed by atoms with Crippen LogP contribution in [-0.2, 0) is 11.2 Å². The van der Waals surface area contributed by atoms with Gasteiger partial charge in [0.2, 0.25) is 0 Å². The van der Waals surface area contributed by atoms with Crippen LogP contribution in [0.3, 0.4) is 0 Å². The molecule has 0 saturated heterocycles. The van der Waals surface area contributed by atoms with Gasteiger partial charge in [0.15, 0.2) is 6.61 Å². The lowest BCUT2D eigenvalue weighted by Crippen LogP contribution is -2.28. The highest BCUT2D eigenvalue weighted by atomic mass is 16.5. The van der Waals surface area contributed by atoms with E-state index >= 15 is 0 Å². The average Bonchev–Trinajstić information content (AvgIpc) is 2.87. The first-order chi connectivity index (χ1) is 16.9. The molecule has 0 bridgehead atoms. The first-order valence-corrected chi connectivity index (χ1v) is 11.4. The topological polar surface area (TPSA) is 97.6 Å². The first kappa shape index (κ1) is 23.8. The maximum atomic E-state index is 12.9. The van der Waals surface area contributed by atoms with E-state index in [9.17, 15) is 14.4 Å². The van der Waals surface area contributed by atoms with Gasteiger partial charge in [-0.3, -0.25) is 9.59 Å². The van der Waals surface area contributed by atoms with Gasteiger partial charge in [0, 0.05) is 17.5 Å². The van der Waals surface area contributed by atoms with Crippen LogP contribution in [0, 0.1) is 0 Å². The molecule has 4 aromatic rings. The third-order valence-electron chi connectivity index (χ3n) is 5.65. The molecule has 1 heterocycles. The Morgan fingerprint density at radius 2 is 1.71 bits per heavy atom. The summed E-state index contributed by atoms with van der Waals surface area (Å²) in [6.07, 6.45) is 0.696. The largest absolute Gasteiger partial charge is 0.484 e. The molecule has 0 radical (unpaired) electrons. The van der Waals surface area contributed by atoms with Gasteiger partial charge in [0.25, 0.3) is 11.8 Å². The second-order valence-electron chi connectivity index (χ2n) is 8.09. The normalized spacial score (nSPS) is 11.6. The van der Waals surface area contributed by atoms with Crippen LogP contribution >= 0.6 is 0 Å². The molecule has 3 aromatic carbocycles. The molecule has 2 N–H and O–H groups in total. The molecule has 35 heavy (non-hydrogen) atoms. The second kappa shape index (κ2) is 10.7. The zero-order valence-electron chi connectivity index (χ0n) is 19.5. The van der Waals surface area contributed by atoms with Gasteiger partial charge in [-0.15, -0.1) is 0 Å². The lowest BCUT2D eigenvalue weighted by Gasteiger charge is -2.16. The van der Waals surface area contributed by atoms with E-state index in [0.29, 0.717) is 29.0 Å². The lowest BCUT2D eigenvalue weighted by atomic mass is 10.1. The average molecular weight is 471 g/mol. The summed E-state index contributed by atoms with van der Waals surface area (Å²) >= 11 is 0. The zero-order valence-corrected chi connectivity index (χ0v) is 19.5. The summed E-state index contributed by atoms with van der Waals surface area (Å²) < 4.78 is 10.9. The molecule has 178 valence electrons. The number of aryl methyl sites for hydroxylation is 1. The first-order valence-electron chi connectivity index (χ1n) is 11.4. The SMILES string of the molecule is CCc1cc(=O)oc2cc(OCC(=O)Nc3ccccc3C(=O)NC(C)c3ccccc3)ccc12. The van der Waals surface area contributed by atoms with Crippen molar-refractivity contribution >= 4 is 28.5 Å². The molecule has 0 saturated carbocycles. The monoisotopic (exact) mass is 470 g/mol. The predicted octanol–water partition coefficient (Wildman–Crippen LogP) is 4.86. The number of ether oxygens (including phenoxy) is 1. The van der Waals surface area contributed by atoms with Crippen LogP contribution in [0.5, 0.6) is 5.75 Å². The van der Waals surface area contributed by atoms with E-state index in [1.807, 2.05) is 44.2 Å². The molecule has 0 spiro atoms. The number of amides is 2. The van der Waals surface area contributed by atoms with Crippen molar-refractivity contribution in [2.75, 3.05) is 11.9 Å². The van der Waals surface area contributed by atoms with Gasteiger partial charge in [0.1, 0.15) is 11.3 Å². The number of carbonyl (C=O) groups is 2. The molecule has 4 rings (SSSR count). The van der Waals surface area contributed by atoms with E-state index < -0.39 is 11.5 Å². The van der Waals surface area contributed by atoms with Crippen molar-refractivity contribution in [3.63, 3.8) is 0 Å². The minimum Gasteiger partial charge on any atom is -0.484 e. The molecule has 7 heteroatoms. The third-order valence-corrected chi connectivity index (χ3v) is 5.65. The van der Waals surface area contributed by atoms with E-state index in [1.54, 1.807) is 42.5 Å². The summed E-state index contributed by atoms with van der Waals surface area (Å²) in [5, 5.41) is 6.53. The van der Waals surface area contributed by atoms with E-state index in [0.717, 1.165) is 16.5 Å². The maximum absolute atomic E-state index is 12.9. The summed E-state index contributed by atoms with van der Waals surface area (Å²) in [5.74, 6) is -0.327. The number of nitrogens with one attached hydrogen (secondary N) is 2. The van der Waals surface area contributed by atoms with Gasteiger partial charge in [-0.1, -0.05) is 49.4 Å². The van der Waals surface area contributed by atoms with Crippen molar-refractivity contribution in [1.82, 2.24) is 5.32 Å². The summed E-state index contributed by atoms with van der Waals surface area (Å²) in [5.41, 5.74) is 2.58. The molecule has 1 aromatic heterocycles. The number of para-hydroxylation sites is 1. The van der Waals surface area contributed by atoms with Crippen molar-refractivity contribution in [3.05, 3.63) is 106 Å². The Balaban J connectivity index is 1.42. The summed E-state index contributed by atoms with van der Waals surface area (Å²) in [6.45, 7) is 3.58. The van der Waals surface area contributed by atoms with Gasteiger partial charge in [-0.25, -0.2) is 4.79 Å². The van der Waals surface area contributed by atoms with Crippen LogP contribution in [0.15, 0.2) is 88.1 Å². The Labute approximate surface area is 202 Å². The Kier molecular flexibility index (Phi) is 7.26. The minimum atomic E-state index is -0.430. The van der Waals surface area contributed by atoms with Gasteiger partial charge in [0.05, 0.1) is 17.3 Å². The van der Waals surface area contributed by atoms with E-state index in [1.165, 1.54) is 6.07 Å². The number of benzene rings is 3. The summed E-state index contributed by atoms with van der Waals surface area (Å²) in [7, 11) is 0. The highest BCUT2D eigenvalue weighted by Gasteiger charge is 2.16. The number of rotatable bonds is 8. The van der Waals surface area contributed by atoms with Gasteiger partial charge in [-0.05, 0) is 48.7 Å². The molecular formula is C28H26N2O5. The van der Waals surface area contributed by atoms with Gasteiger partial charge in [-0.2, -0.15) is 0 Å². The van der Waals surface area contributed by atoms with Crippen molar-refractivity contribution in [1.29, 1.82) is 0 Å². The molecule has 0 fully saturated rings. The van der Waals surface area contributed by atoms with Crippen LogP contribution in [-0.4, -0.2) is 18.4 Å². The van der Waals surface area contributed by atoms with Crippen LogP contribution in [0.25, 0.3) is 11.0 Å².